The van der Waals surface area contributed by atoms with Gasteiger partial charge >= 0.3 is 0 Å². The van der Waals surface area contributed by atoms with E-state index in [-0.39, 0.29) is 0 Å². The van der Waals surface area contributed by atoms with Gasteiger partial charge in [-0.25, -0.2) is 4.98 Å². The van der Waals surface area contributed by atoms with Crippen molar-refractivity contribution in [1.29, 1.82) is 0 Å². The van der Waals surface area contributed by atoms with Gasteiger partial charge in [0.2, 0.25) is 5.89 Å². The van der Waals surface area contributed by atoms with Crippen molar-refractivity contribution < 1.29 is 14.3 Å². The molecule has 5 nitrogen and oxygen atoms in total. The molecule has 0 bridgehead atoms. The number of aliphatic hydroxyl groups is 1. The van der Waals surface area contributed by atoms with Gasteiger partial charge in [-0.15, -0.1) is 0 Å². The molecule has 0 amide bonds. The lowest BCUT2D eigenvalue weighted by Gasteiger charge is -2.10. The number of rotatable bonds is 7. The number of aryl methyl sites for hydroxylation is 1. The molecule has 1 rings (SSSR count). The zero-order valence-corrected chi connectivity index (χ0v) is 9.19. The van der Waals surface area contributed by atoms with Gasteiger partial charge in [-0.3, -0.25) is 0 Å². The predicted molar refractivity (Wildman–Crippen MR) is 55.4 cm³/mol. The van der Waals surface area contributed by atoms with Gasteiger partial charge in [0.25, 0.3) is 0 Å². The van der Waals surface area contributed by atoms with Crippen molar-refractivity contribution in [3.8, 4) is 0 Å². The number of hydrogen-bond acceptors (Lipinski definition) is 5. The largest absolute Gasteiger partial charge is 0.445 e. The van der Waals surface area contributed by atoms with Crippen molar-refractivity contribution in [3.63, 3.8) is 0 Å². The van der Waals surface area contributed by atoms with Crippen LogP contribution in [0.2, 0.25) is 0 Å². The quantitative estimate of drug-likeness (QED) is 0.690. The number of ether oxygens (including phenoxy) is 1. The van der Waals surface area contributed by atoms with Crippen LogP contribution in [0.4, 0.5) is 0 Å². The Morgan fingerprint density at radius 1 is 1.67 bits per heavy atom. The minimum absolute atomic E-state index is 0.355. The molecule has 0 fully saturated rings. The topological polar surface area (TPSA) is 67.5 Å². The van der Waals surface area contributed by atoms with Crippen LogP contribution in [-0.4, -0.2) is 36.0 Å². The molecule has 1 atom stereocenters. The molecular weight excluding hydrogens is 196 g/mol. The first-order valence-electron chi connectivity index (χ1n) is 5.10. The third kappa shape index (κ3) is 4.92. The van der Waals surface area contributed by atoms with E-state index >= 15 is 0 Å². The maximum Gasteiger partial charge on any atom is 0.208 e. The summed E-state index contributed by atoms with van der Waals surface area (Å²) in [6, 6.07) is 0. The first-order valence-corrected chi connectivity index (χ1v) is 5.10. The van der Waals surface area contributed by atoms with E-state index in [0.717, 1.165) is 5.76 Å². The molecule has 1 aromatic rings. The molecule has 86 valence electrons. The van der Waals surface area contributed by atoms with Crippen molar-refractivity contribution >= 4 is 0 Å². The molecule has 1 aromatic heterocycles. The second kappa shape index (κ2) is 6.55. The van der Waals surface area contributed by atoms with E-state index in [9.17, 15) is 5.11 Å². The number of oxazole rings is 1. The summed E-state index contributed by atoms with van der Waals surface area (Å²) < 4.78 is 10.3. The van der Waals surface area contributed by atoms with Crippen molar-refractivity contribution in [2.75, 3.05) is 19.8 Å². The Labute approximate surface area is 89.5 Å². The van der Waals surface area contributed by atoms with E-state index in [4.69, 9.17) is 9.15 Å². The van der Waals surface area contributed by atoms with Crippen LogP contribution in [0.25, 0.3) is 0 Å². The van der Waals surface area contributed by atoms with Gasteiger partial charge in [-0.2, -0.15) is 0 Å². The van der Waals surface area contributed by atoms with E-state index < -0.39 is 6.10 Å². The fraction of sp³-hybridized carbons (Fsp3) is 0.700. The lowest BCUT2D eigenvalue weighted by Crippen LogP contribution is -2.30. The highest BCUT2D eigenvalue weighted by molar-refractivity contribution is 4.90. The fourth-order valence-corrected chi connectivity index (χ4v) is 1.14. The minimum atomic E-state index is -0.485. The van der Waals surface area contributed by atoms with Gasteiger partial charge < -0.3 is 19.6 Å². The van der Waals surface area contributed by atoms with Gasteiger partial charge in [0, 0.05) is 13.2 Å². The van der Waals surface area contributed by atoms with Gasteiger partial charge in [-0.1, -0.05) is 0 Å². The summed E-state index contributed by atoms with van der Waals surface area (Å²) in [5.74, 6) is 1.43. The Morgan fingerprint density at radius 2 is 2.47 bits per heavy atom. The SMILES string of the molecule is CCOCC(O)CNCc1ncc(C)o1. The Balaban J connectivity index is 2.10. The van der Waals surface area contributed by atoms with Crippen molar-refractivity contribution in [2.24, 2.45) is 0 Å². The van der Waals surface area contributed by atoms with Crippen molar-refractivity contribution in [3.05, 3.63) is 17.8 Å². The zero-order valence-electron chi connectivity index (χ0n) is 9.19. The molecule has 5 heteroatoms. The molecule has 1 unspecified atom stereocenters. The second-order valence-corrected chi connectivity index (χ2v) is 3.31. The van der Waals surface area contributed by atoms with Crippen LogP contribution < -0.4 is 5.32 Å². The maximum atomic E-state index is 9.42. The van der Waals surface area contributed by atoms with Crippen LogP contribution in [0.5, 0.6) is 0 Å². The summed E-state index contributed by atoms with van der Waals surface area (Å²) in [4.78, 5) is 4.03. The highest BCUT2D eigenvalue weighted by atomic mass is 16.5. The first kappa shape index (κ1) is 12.2. The smallest absolute Gasteiger partial charge is 0.208 e. The number of nitrogens with one attached hydrogen (secondary N) is 1. The minimum Gasteiger partial charge on any atom is -0.445 e. The molecule has 0 radical (unpaired) electrons. The molecule has 0 aromatic carbocycles. The highest BCUT2D eigenvalue weighted by Crippen LogP contribution is 2.00. The van der Waals surface area contributed by atoms with Crippen LogP contribution in [-0.2, 0) is 11.3 Å². The Kier molecular flexibility index (Phi) is 5.31. The molecule has 0 spiro atoms. The summed E-state index contributed by atoms with van der Waals surface area (Å²) in [5, 5.41) is 12.5. The lowest BCUT2D eigenvalue weighted by atomic mass is 10.4. The summed E-state index contributed by atoms with van der Waals surface area (Å²) in [6.45, 7) is 5.72. The van der Waals surface area contributed by atoms with E-state index in [1.807, 2.05) is 13.8 Å². The number of aromatic nitrogens is 1. The van der Waals surface area contributed by atoms with Gasteiger partial charge in [0.05, 0.1) is 25.5 Å². The average molecular weight is 214 g/mol. The van der Waals surface area contributed by atoms with Crippen LogP contribution in [0.15, 0.2) is 10.6 Å². The molecular formula is C10H18N2O3. The van der Waals surface area contributed by atoms with Crippen molar-refractivity contribution in [1.82, 2.24) is 10.3 Å². The molecule has 0 aliphatic carbocycles. The predicted octanol–water partition coefficient (Wildman–Crippen LogP) is 0.470. The first-order chi connectivity index (χ1) is 7.22. The zero-order chi connectivity index (χ0) is 11.1. The van der Waals surface area contributed by atoms with E-state index in [1.54, 1.807) is 6.20 Å². The third-order valence-electron chi connectivity index (χ3n) is 1.84. The van der Waals surface area contributed by atoms with Gasteiger partial charge in [0.15, 0.2) is 0 Å². The van der Waals surface area contributed by atoms with Gasteiger partial charge in [0.1, 0.15) is 5.76 Å². The fourth-order valence-electron chi connectivity index (χ4n) is 1.14. The molecule has 0 aliphatic rings. The maximum absolute atomic E-state index is 9.42. The summed E-state index contributed by atoms with van der Waals surface area (Å²) in [5.41, 5.74) is 0. The molecule has 0 saturated carbocycles. The standard InChI is InChI=1S/C10H18N2O3/c1-3-14-7-9(13)5-11-6-10-12-4-8(2)15-10/h4,9,11,13H,3,5-7H2,1-2H3. The van der Waals surface area contributed by atoms with Crippen LogP contribution in [0.1, 0.15) is 18.6 Å². The molecule has 1 heterocycles. The van der Waals surface area contributed by atoms with Gasteiger partial charge in [-0.05, 0) is 13.8 Å². The Hall–Kier alpha value is -0.910. The Morgan fingerprint density at radius 3 is 3.07 bits per heavy atom. The lowest BCUT2D eigenvalue weighted by molar-refractivity contribution is 0.0424. The average Bonchev–Trinajstić information content (AvgIpc) is 2.61. The normalized spacial score (nSPS) is 13.0. The Bertz CT molecular complexity index is 275. The van der Waals surface area contributed by atoms with E-state index in [0.29, 0.717) is 32.2 Å². The summed E-state index contributed by atoms with van der Waals surface area (Å²) in [7, 11) is 0. The summed E-state index contributed by atoms with van der Waals surface area (Å²) in [6.07, 6.45) is 1.19. The molecule has 2 N–H and O–H groups in total. The number of aliphatic hydroxyl groups excluding tert-OH is 1. The summed E-state index contributed by atoms with van der Waals surface area (Å²) >= 11 is 0. The van der Waals surface area contributed by atoms with Crippen LogP contribution in [0, 0.1) is 6.92 Å². The second-order valence-electron chi connectivity index (χ2n) is 3.31. The molecule has 15 heavy (non-hydrogen) atoms. The van der Waals surface area contributed by atoms with Crippen LogP contribution >= 0.6 is 0 Å². The monoisotopic (exact) mass is 214 g/mol. The number of hydrogen-bond donors (Lipinski definition) is 2. The van der Waals surface area contributed by atoms with Crippen molar-refractivity contribution in [2.45, 2.75) is 26.5 Å². The van der Waals surface area contributed by atoms with E-state index in [2.05, 4.69) is 10.3 Å². The number of nitrogens with zero attached hydrogens (tertiary/aromatic N) is 1. The highest BCUT2D eigenvalue weighted by Gasteiger charge is 2.04. The molecule has 0 saturated heterocycles. The van der Waals surface area contributed by atoms with E-state index in [1.165, 1.54) is 0 Å². The van der Waals surface area contributed by atoms with Crippen LogP contribution in [0.3, 0.4) is 0 Å². The molecule has 0 aliphatic heterocycles. The third-order valence-corrected chi connectivity index (χ3v) is 1.84.